The van der Waals surface area contributed by atoms with Crippen LogP contribution in [-0.2, 0) is 4.79 Å². The van der Waals surface area contributed by atoms with Gasteiger partial charge in [-0.05, 0) is 38.5 Å². The van der Waals surface area contributed by atoms with E-state index in [1.807, 2.05) is 25.7 Å². The molecule has 5 nitrogen and oxygen atoms in total. The number of likely N-dealkylation sites (tertiary alicyclic amines) is 1. The number of amides is 2. The van der Waals surface area contributed by atoms with Crippen molar-refractivity contribution in [2.45, 2.75) is 52.5 Å². The van der Waals surface area contributed by atoms with Crippen LogP contribution in [0.5, 0.6) is 0 Å². The summed E-state index contributed by atoms with van der Waals surface area (Å²) in [5.41, 5.74) is 0. The lowest BCUT2D eigenvalue weighted by Crippen LogP contribution is -2.49. The molecule has 1 saturated heterocycles. The molecular weight excluding hydrogens is 244 g/mol. The van der Waals surface area contributed by atoms with Gasteiger partial charge in [-0.15, -0.1) is 0 Å². The minimum Gasteiger partial charge on any atom is -0.481 e. The van der Waals surface area contributed by atoms with Gasteiger partial charge in [0.25, 0.3) is 0 Å². The molecule has 0 aromatic carbocycles. The van der Waals surface area contributed by atoms with Crippen molar-refractivity contribution >= 4 is 12.0 Å². The van der Waals surface area contributed by atoms with Crippen LogP contribution < -0.4 is 5.32 Å². The SMILES string of the molecule is CC(C)C[C@H](CNC(=O)N1CCCC[C@@H]1C)C(=O)O. The molecule has 1 aliphatic heterocycles. The van der Waals surface area contributed by atoms with Crippen molar-refractivity contribution in [1.82, 2.24) is 10.2 Å². The fourth-order valence-corrected chi connectivity index (χ4v) is 2.55. The van der Waals surface area contributed by atoms with E-state index in [4.69, 9.17) is 5.11 Å². The van der Waals surface area contributed by atoms with Crippen LogP contribution in [0.3, 0.4) is 0 Å². The molecule has 5 heteroatoms. The maximum absolute atomic E-state index is 12.0. The van der Waals surface area contributed by atoms with Crippen LogP contribution in [0.4, 0.5) is 4.79 Å². The van der Waals surface area contributed by atoms with Gasteiger partial charge in [-0.25, -0.2) is 4.79 Å². The molecule has 0 bridgehead atoms. The number of carboxylic acids is 1. The Labute approximate surface area is 115 Å². The molecule has 2 atom stereocenters. The maximum atomic E-state index is 12.0. The largest absolute Gasteiger partial charge is 0.481 e. The predicted molar refractivity (Wildman–Crippen MR) is 74.0 cm³/mol. The van der Waals surface area contributed by atoms with Crippen molar-refractivity contribution in [3.63, 3.8) is 0 Å². The highest BCUT2D eigenvalue weighted by Crippen LogP contribution is 2.16. The fraction of sp³-hybridized carbons (Fsp3) is 0.857. The number of nitrogens with one attached hydrogen (secondary N) is 1. The highest BCUT2D eigenvalue weighted by Gasteiger charge is 2.25. The summed E-state index contributed by atoms with van der Waals surface area (Å²) < 4.78 is 0. The standard InChI is InChI=1S/C14H26N2O3/c1-10(2)8-12(13(17)18)9-15-14(19)16-7-5-4-6-11(16)3/h10-12H,4-9H2,1-3H3,(H,15,19)(H,17,18)/t11-,12+/m0/s1. The summed E-state index contributed by atoms with van der Waals surface area (Å²) in [6.07, 6.45) is 3.81. The molecule has 1 heterocycles. The number of piperidine rings is 1. The smallest absolute Gasteiger partial charge is 0.317 e. The summed E-state index contributed by atoms with van der Waals surface area (Å²) in [5.74, 6) is -1.02. The molecule has 0 saturated carbocycles. The first kappa shape index (κ1) is 15.8. The zero-order valence-electron chi connectivity index (χ0n) is 12.2. The van der Waals surface area contributed by atoms with Gasteiger partial charge in [0, 0.05) is 19.1 Å². The molecule has 110 valence electrons. The van der Waals surface area contributed by atoms with E-state index in [2.05, 4.69) is 5.32 Å². The summed E-state index contributed by atoms with van der Waals surface area (Å²) in [6.45, 7) is 7.01. The summed E-state index contributed by atoms with van der Waals surface area (Å²) in [7, 11) is 0. The Morgan fingerprint density at radius 2 is 2.05 bits per heavy atom. The molecule has 1 rings (SSSR count). The topological polar surface area (TPSA) is 69.6 Å². The third-order valence-electron chi connectivity index (χ3n) is 3.67. The number of carbonyl (C=O) groups is 2. The van der Waals surface area contributed by atoms with Gasteiger partial charge in [-0.2, -0.15) is 0 Å². The quantitative estimate of drug-likeness (QED) is 0.805. The molecule has 0 aliphatic carbocycles. The van der Waals surface area contributed by atoms with Crippen molar-refractivity contribution in [2.24, 2.45) is 11.8 Å². The summed E-state index contributed by atoms with van der Waals surface area (Å²) >= 11 is 0. The van der Waals surface area contributed by atoms with Crippen molar-refractivity contribution in [2.75, 3.05) is 13.1 Å². The third-order valence-corrected chi connectivity index (χ3v) is 3.67. The van der Waals surface area contributed by atoms with Gasteiger partial charge >= 0.3 is 12.0 Å². The Morgan fingerprint density at radius 3 is 2.58 bits per heavy atom. The highest BCUT2D eigenvalue weighted by molar-refractivity contribution is 5.76. The van der Waals surface area contributed by atoms with Crippen LogP contribution in [0.25, 0.3) is 0 Å². The molecular formula is C14H26N2O3. The minimum absolute atomic E-state index is 0.123. The van der Waals surface area contributed by atoms with Gasteiger partial charge in [0.05, 0.1) is 5.92 Å². The Morgan fingerprint density at radius 1 is 1.37 bits per heavy atom. The molecule has 0 radical (unpaired) electrons. The molecule has 1 aliphatic rings. The van der Waals surface area contributed by atoms with Crippen molar-refractivity contribution < 1.29 is 14.7 Å². The Balaban J connectivity index is 2.44. The van der Waals surface area contributed by atoms with Crippen LogP contribution in [0.15, 0.2) is 0 Å². The monoisotopic (exact) mass is 270 g/mol. The van der Waals surface area contributed by atoms with Gasteiger partial charge in [0.2, 0.25) is 0 Å². The lowest BCUT2D eigenvalue weighted by atomic mass is 9.97. The number of nitrogens with zero attached hydrogens (tertiary/aromatic N) is 1. The van der Waals surface area contributed by atoms with Crippen LogP contribution in [0, 0.1) is 11.8 Å². The number of aliphatic carboxylic acids is 1. The second kappa shape index (κ2) is 7.36. The van der Waals surface area contributed by atoms with Crippen molar-refractivity contribution in [3.05, 3.63) is 0 Å². The van der Waals surface area contributed by atoms with Crippen molar-refractivity contribution in [1.29, 1.82) is 0 Å². The average Bonchev–Trinajstić information content (AvgIpc) is 2.34. The molecule has 19 heavy (non-hydrogen) atoms. The molecule has 0 spiro atoms. The Hall–Kier alpha value is -1.26. The zero-order valence-corrected chi connectivity index (χ0v) is 12.2. The number of hydrogen-bond donors (Lipinski definition) is 2. The summed E-state index contributed by atoms with van der Waals surface area (Å²) in [6, 6.07) is 0.129. The van der Waals surface area contributed by atoms with Gasteiger partial charge in [-0.3, -0.25) is 4.79 Å². The van der Waals surface area contributed by atoms with E-state index >= 15 is 0 Å². The van der Waals surface area contributed by atoms with Crippen LogP contribution >= 0.6 is 0 Å². The van der Waals surface area contributed by atoms with E-state index in [0.717, 1.165) is 25.8 Å². The normalized spacial score (nSPS) is 21.3. The zero-order chi connectivity index (χ0) is 14.4. The number of carbonyl (C=O) groups excluding carboxylic acids is 1. The van der Waals surface area contributed by atoms with Gasteiger partial charge in [0.1, 0.15) is 0 Å². The summed E-state index contributed by atoms with van der Waals surface area (Å²) in [5, 5.41) is 11.9. The van der Waals surface area contributed by atoms with Gasteiger partial charge in [0.15, 0.2) is 0 Å². The predicted octanol–water partition coefficient (Wildman–Crippen LogP) is 2.32. The van der Waals surface area contributed by atoms with E-state index < -0.39 is 11.9 Å². The van der Waals surface area contributed by atoms with Crippen molar-refractivity contribution in [3.8, 4) is 0 Å². The second-order valence-corrected chi connectivity index (χ2v) is 5.89. The number of urea groups is 1. The van der Waals surface area contributed by atoms with E-state index in [9.17, 15) is 9.59 Å². The first-order chi connectivity index (χ1) is 8.91. The fourth-order valence-electron chi connectivity index (χ4n) is 2.55. The maximum Gasteiger partial charge on any atom is 0.317 e. The Bertz CT molecular complexity index is 318. The lowest BCUT2D eigenvalue weighted by Gasteiger charge is -2.33. The third kappa shape index (κ3) is 5.09. The molecule has 0 aromatic rings. The second-order valence-electron chi connectivity index (χ2n) is 5.89. The van der Waals surface area contributed by atoms with E-state index in [-0.39, 0.29) is 18.6 Å². The van der Waals surface area contributed by atoms with E-state index in [1.54, 1.807) is 0 Å². The molecule has 1 fully saturated rings. The molecule has 2 N–H and O–H groups in total. The van der Waals surface area contributed by atoms with Crippen LogP contribution in [0.1, 0.15) is 46.5 Å². The average molecular weight is 270 g/mol. The highest BCUT2D eigenvalue weighted by atomic mass is 16.4. The molecule has 0 unspecified atom stereocenters. The van der Waals surface area contributed by atoms with Gasteiger partial charge in [-0.1, -0.05) is 13.8 Å². The number of carboxylic acid groups (broad SMARTS) is 1. The van der Waals surface area contributed by atoms with Crippen LogP contribution in [0.2, 0.25) is 0 Å². The lowest BCUT2D eigenvalue weighted by molar-refractivity contribution is -0.142. The summed E-state index contributed by atoms with van der Waals surface area (Å²) in [4.78, 5) is 25.0. The first-order valence-corrected chi connectivity index (χ1v) is 7.19. The number of hydrogen-bond acceptors (Lipinski definition) is 2. The Kier molecular flexibility index (Phi) is 6.12. The van der Waals surface area contributed by atoms with Gasteiger partial charge < -0.3 is 15.3 Å². The van der Waals surface area contributed by atoms with Crippen LogP contribution in [-0.4, -0.2) is 41.1 Å². The minimum atomic E-state index is -0.833. The molecule has 0 aromatic heterocycles. The molecule has 2 amide bonds. The first-order valence-electron chi connectivity index (χ1n) is 7.19. The van der Waals surface area contributed by atoms with E-state index in [1.165, 1.54) is 0 Å². The van der Waals surface area contributed by atoms with E-state index in [0.29, 0.717) is 12.3 Å². The number of rotatable bonds is 5.